The van der Waals surface area contributed by atoms with Crippen LogP contribution in [0, 0.1) is 0 Å². The Bertz CT molecular complexity index is 137. The SMILES string of the molecule is OC1(C(F)(F)F)CCCOC1. The molecule has 0 spiro atoms. The van der Waals surface area contributed by atoms with E-state index in [0.717, 1.165) is 0 Å². The highest BCUT2D eigenvalue weighted by molar-refractivity contribution is 4.88. The van der Waals surface area contributed by atoms with Crippen LogP contribution in [0.1, 0.15) is 12.8 Å². The van der Waals surface area contributed by atoms with E-state index in [9.17, 15) is 13.2 Å². The summed E-state index contributed by atoms with van der Waals surface area (Å²) in [5.74, 6) is 0. The molecule has 5 heteroatoms. The van der Waals surface area contributed by atoms with Crippen LogP contribution in [-0.2, 0) is 4.74 Å². The molecule has 0 saturated carbocycles. The molecule has 1 saturated heterocycles. The number of hydrogen-bond acceptors (Lipinski definition) is 2. The predicted octanol–water partition coefficient (Wildman–Crippen LogP) is 1.09. The Morgan fingerprint density at radius 3 is 2.27 bits per heavy atom. The molecule has 1 N–H and O–H groups in total. The summed E-state index contributed by atoms with van der Waals surface area (Å²) in [5.41, 5.74) is -2.61. The van der Waals surface area contributed by atoms with Crippen molar-refractivity contribution in [1.29, 1.82) is 0 Å². The fourth-order valence-electron chi connectivity index (χ4n) is 1.00. The van der Waals surface area contributed by atoms with E-state index in [-0.39, 0.29) is 12.8 Å². The Kier molecular flexibility index (Phi) is 2.11. The van der Waals surface area contributed by atoms with Gasteiger partial charge in [-0.25, -0.2) is 0 Å². The molecule has 1 heterocycles. The molecule has 0 aromatic rings. The van der Waals surface area contributed by atoms with Gasteiger partial charge in [-0.05, 0) is 12.8 Å². The van der Waals surface area contributed by atoms with Crippen molar-refractivity contribution in [3.63, 3.8) is 0 Å². The van der Waals surface area contributed by atoms with Gasteiger partial charge < -0.3 is 9.84 Å². The molecule has 1 rings (SSSR count). The molecule has 2 nitrogen and oxygen atoms in total. The topological polar surface area (TPSA) is 29.5 Å². The number of alkyl halides is 3. The third kappa shape index (κ3) is 1.65. The standard InChI is InChI=1S/C6H9F3O2/c7-6(8,9)5(10)2-1-3-11-4-5/h10H,1-4H2. The van der Waals surface area contributed by atoms with Crippen LogP contribution in [-0.4, -0.2) is 30.1 Å². The van der Waals surface area contributed by atoms with Crippen LogP contribution in [0.2, 0.25) is 0 Å². The minimum absolute atomic E-state index is 0.253. The van der Waals surface area contributed by atoms with Crippen LogP contribution in [0.3, 0.4) is 0 Å². The molecule has 1 fully saturated rings. The highest BCUT2D eigenvalue weighted by atomic mass is 19.4. The molecule has 1 aliphatic heterocycles. The lowest BCUT2D eigenvalue weighted by molar-refractivity contribution is -0.287. The van der Waals surface area contributed by atoms with Crippen LogP contribution in [0.4, 0.5) is 13.2 Å². The van der Waals surface area contributed by atoms with Gasteiger partial charge in [-0.15, -0.1) is 0 Å². The number of ether oxygens (including phenoxy) is 1. The van der Waals surface area contributed by atoms with E-state index >= 15 is 0 Å². The quantitative estimate of drug-likeness (QED) is 0.589. The number of halogens is 3. The highest BCUT2D eigenvalue weighted by Crippen LogP contribution is 2.36. The summed E-state index contributed by atoms with van der Waals surface area (Å²) in [5, 5.41) is 8.96. The van der Waals surface area contributed by atoms with Crippen molar-refractivity contribution < 1.29 is 23.0 Å². The molecule has 1 atom stereocenters. The Morgan fingerprint density at radius 1 is 1.36 bits per heavy atom. The number of rotatable bonds is 0. The molecule has 66 valence electrons. The van der Waals surface area contributed by atoms with Crippen molar-refractivity contribution in [2.45, 2.75) is 24.6 Å². The van der Waals surface area contributed by atoms with Gasteiger partial charge in [0.15, 0.2) is 5.60 Å². The zero-order valence-corrected chi connectivity index (χ0v) is 5.82. The molecule has 0 aliphatic carbocycles. The van der Waals surface area contributed by atoms with E-state index in [1.165, 1.54) is 0 Å². The monoisotopic (exact) mass is 170 g/mol. The molecule has 0 radical (unpaired) electrons. The Morgan fingerprint density at radius 2 is 2.00 bits per heavy atom. The summed E-state index contributed by atoms with van der Waals surface area (Å²) in [6, 6.07) is 0. The predicted molar refractivity (Wildman–Crippen MR) is 31.1 cm³/mol. The lowest BCUT2D eigenvalue weighted by Crippen LogP contribution is -2.51. The number of aliphatic hydroxyl groups is 1. The molecular weight excluding hydrogens is 161 g/mol. The van der Waals surface area contributed by atoms with Crippen LogP contribution in [0.5, 0.6) is 0 Å². The van der Waals surface area contributed by atoms with Crippen LogP contribution >= 0.6 is 0 Å². The highest BCUT2D eigenvalue weighted by Gasteiger charge is 2.54. The maximum atomic E-state index is 12.0. The van der Waals surface area contributed by atoms with Gasteiger partial charge in [0.25, 0.3) is 0 Å². The first-order valence-electron chi connectivity index (χ1n) is 3.33. The summed E-state index contributed by atoms with van der Waals surface area (Å²) >= 11 is 0. The molecular formula is C6H9F3O2. The van der Waals surface area contributed by atoms with Crippen molar-refractivity contribution in [2.75, 3.05) is 13.2 Å². The first-order valence-corrected chi connectivity index (χ1v) is 3.33. The summed E-state index contributed by atoms with van der Waals surface area (Å²) in [4.78, 5) is 0. The molecule has 1 unspecified atom stereocenters. The van der Waals surface area contributed by atoms with Crippen molar-refractivity contribution in [3.05, 3.63) is 0 Å². The van der Waals surface area contributed by atoms with Crippen LogP contribution < -0.4 is 0 Å². The lowest BCUT2D eigenvalue weighted by Gasteiger charge is -2.33. The fraction of sp³-hybridized carbons (Fsp3) is 1.00. The summed E-state index contributed by atoms with van der Waals surface area (Å²) in [6.45, 7) is -0.325. The zero-order chi connectivity index (χ0) is 8.54. The summed E-state index contributed by atoms with van der Waals surface area (Å²) in [6.07, 6.45) is -4.56. The van der Waals surface area contributed by atoms with Crippen LogP contribution in [0.15, 0.2) is 0 Å². The van der Waals surface area contributed by atoms with Crippen molar-refractivity contribution >= 4 is 0 Å². The minimum atomic E-state index is -4.56. The largest absolute Gasteiger partial charge is 0.419 e. The summed E-state index contributed by atoms with van der Waals surface area (Å²) in [7, 11) is 0. The normalized spacial score (nSPS) is 33.8. The Hall–Kier alpha value is -0.290. The van der Waals surface area contributed by atoms with Gasteiger partial charge in [0, 0.05) is 6.61 Å². The van der Waals surface area contributed by atoms with E-state index < -0.39 is 18.4 Å². The zero-order valence-electron chi connectivity index (χ0n) is 5.82. The van der Waals surface area contributed by atoms with Gasteiger partial charge in [0.1, 0.15) is 0 Å². The van der Waals surface area contributed by atoms with Crippen molar-refractivity contribution in [1.82, 2.24) is 0 Å². The second-order valence-electron chi connectivity index (χ2n) is 2.69. The molecule has 0 amide bonds. The van der Waals surface area contributed by atoms with Gasteiger partial charge in [-0.3, -0.25) is 0 Å². The Labute approximate surface area is 62.0 Å². The maximum Gasteiger partial charge on any atom is 0.419 e. The second-order valence-corrected chi connectivity index (χ2v) is 2.69. The van der Waals surface area contributed by atoms with Gasteiger partial charge in [0.05, 0.1) is 6.61 Å². The average Bonchev–Trinajstić information content (AvgIpc) is 1.87. The smallest absolute Gasteiger partial charge is 0.379 e. The van der Waals surface area contributed by atoms with Crippen molar-refractivity contribution in [2.24, 2.45) is 0 Å². The fourth-order valence-corrected chi connectivity index (χ4v) is 1.00. The first-order chi connectivity index (χ1) is 4.96. The first kappa shape index (κ1) is 8.80. The third-order valence-corrected chi connectivity index (χ3v) is 1.75. The van der Waals surface area contributed by atoms with E-state index in [2.05, 4.69) is 4.74 Å². The summed E-state index contributed by atoms with van der Waals surface area (Å²) < 4.78 is 40.5. The molecule has 1 aliphatic rings. The third-order valence-electron chi connectivity index (χ3n) is 1.75. The molecule has 11 heavy (non-hydrogen) atoms. The van der Waals surface area contributed by atoms with Gasteiger partial charge in [-0.1, -0.05) is 0 Å². The van der Waals surface area contributed by atoms with Gasteiger partial charge >= 0.3 is 6.18 Å². The minimum Gasteiger partial charge on any atom is -0.379 e. The van der Waals surface area contributed by atoms with E-state index in [4.69, 9.17) is 5.11 Å². The second kappa shape index (κ2) is 2.64. The Balaban J connectivity index is 2.64. The molecule has 0 bridgehead atoms. The molecule has 0 aromatic heterocycles. The van der Waals surface area contributed by atoms with E-state index in [0.29, 0.717) is 6.61 Å². The lowest BCUT2D eigenvalue weighted by atomic mass is 9.96. The maximum absolute atomic E-state index is 12.0. The van der Waals surface area contributed by atoms with Gasteiger partial charge in [-0.2, -0.15) is 13.2 Å². The van der Waals surface area contributed by atoms with Crippen molar-refractivity contribution in [3.8, 4) is 0 Å². The molecule has 0 aromatic carbocycles. The number of hydrogen-bond donors (Lipinski definition) is 1. The average molecular weight is 170 g/mol. The van der Waals surface area contributed by atoms with Crippen LogP contribution in [0.25, 0.3) is 0 Å². The van der Waals surface area contributed by atoms with E-state index in [1.54, 1.807) is 0 Å². The van der Waals surface area contributed by atoms with E-state index in [1.807, 2.05) is 0 Å². The van der Waals surface area contributed by atoms with Gasteiger partial charge in [0.2, 0.25) is 0 Å².